The molecule has 0 bridgehead atoms. The first kappa shape index (κ1) is 17.1. The number of benzene rings is 1. The lowest BCUT2D eigenvalue weighted by molar-refractivity contribution is 0.194. The minimum absolute atomic E-state index is 0.605. The van der Waals surface area contributed by atoms with E-state index in [2.05, 4.69) is 23.2 Å². The van der Waals surface area contributed by atoms with E-state index < -0.39 is 0 Å². The van der Waals surface area contributed by atoms with Crippen LogP contribution in [-0.2, 0) is 6.54 Å². The van der Waals surface area contributed by atoms with Crippen molar-refractivity contribution >= 4 is 0 Å². The second kappa shape index (κ2) is 9.01. The van der Waals surface area contributed by atoms with Crippen LogP contribution in [0.1, 0.15) is 38.2 Å². The molecule has 0 aliphatic carbocycles. The number of para-hydroxylation sites is 1. The highest BCUT2D eigenvalue weighted by atomic mass is 16.5. The summed E-state index contributed by atoms with van der Waals surface area (Å²) in [5, 5.41) is 3.68. The summed E-state index contributed by atoms with van der Waals surface area (Å²) in [6, 6.07) is 6.67. The van der Waals surface area contributed by atoms with Crippen molar-refractivity contribution in [3.63, 3.8) is 0 Å². The monoisotopic (exact) mass is 306 g/mol. The fourth-order valence-electron chi connectivity index (χ4n) is 3.09. The molecule has 1 aromatic rings. The Balaban J connectivity index is 1.82. The first-order valence-electron chi connectivity index (χ1n) is 8.44. The standard InChI is InChI=1S/C18H30N2O2/c1-4-5-11-20-12-9-16(10-13-20)19-14-15-7-6-8-17(21-2)18(15)22-3/h6-8,16,19H,4-5,9-14H2,1-3H3. The molecule has 22 heavy (non-hydrogen) atoms. The largest absolute Gasteiger partial charge is 0.493 e. The van der Waals surface area contributed by atoms with E-state index in [1.807, 2.05) is 12.1 Å². The number of ether oxygens (including phenoxy) is 2. The first-order valence-corrected chi connectivity index (χ1v) is 8.44. The van der Waals surface area contributed by atoms with Crippen LogP contribution in [0.25, 0.3) is 0 Å². The quantitative estimate of drug-likeness (QED) is 0.800. The van der Waals surface area contributed by atoms with Crippen LogP contribution in [0, 0.1) is 0 Å². The van der Waals surface area contributed by atoms with Gasteiger partial charge in [0.05, 0.1) is 14.2 Å². The molecular formula is C18H30N2O2. The normalized spacial score (nSPS) is 16.7. The summed E-state index contributed by atoms with van der Waals surface area (Å²) in [6.45, 7) is 6.78. The van der Waals surface area contributed by atoms with Gasteiger partial charge in [-0.05, 0) is 45.0 Å². The van der Waals surface area contributed by atoms with Crippen molar-refractivity contribution < 1.29 is 9.47 Å². The van der Waals surface area contributed by atoms with Crippen LogP contribution in [-0.4, -0.2) is 44.8 Å². The Morgan fingerprint density at radius 2 is 1.95 bits per heavy atom. The highest BCUT2D eigenvalue weighted by molar-refractivity contribution is 5.46. The molecule has 1 aromatic carbocycles. The molecule has 1 aliphatic heterocycles. The van der Waals surface area contributed by atoms with Gasteiger partial charge in [0, 0.05) is 18.2 Å². The molecular weight excluding hydrogens is 276 g/mol. The minimum atomic E-state index is 0.605. The molecule has 4 heteroatoms. The van der Waals surface area contributed by atoms with Gasteiger partial charge < -0.3 is 19.7 Å². The summed E-state index contributed by atoms with van der Waals surface area (Å²) in [6.07, 6.45) is 5.07. The number of piperidine rings is 1. The van der Waals surface area contributed by atoms with Crippen molar-refractivity contribution in [2.75, 3.05) is 33.9 Å². The van der Waals surface area contributed by atoms with E-state index in [4.69, 9.17) is 9.47 Å². The molecule has 0 unspecified atom stereocenters. The van der Waals surface area contributed by atoms with Gasteiger partial charge in [-0.1, -0.05) is 25.5 Å². The van der Waals surface area contributed by atoms with Gasteiger partial charge in [0.2, 0.25) is 0 Å². The summed E-state index contributed by atoms with van der Waals surface area (Å²) in [7, 11) is 3.38. The van der Waals surface area contributed by atoms with E-state index >= 15 is 0 Å². The number of nitrogens with zero attached hydrogens (tertiary/aromatic N) is 1. The second-order valence-corrected chi connectivity index (χ2v) is 6.00. The third-order valence-corrected chi connectivity index (χ3v) is 4.48. The van der Waals surface area contributed by atoms with Gasteiger partial charge >= 0.3 is 0 Å². The Kier molecular flexibility index (Phi) is 7.00. The molecule has 0 amide bonds. The van der Waals surface area contributed by atoms with E-state index in [1.54, 1.807) is 14.2 Å². The minimum Gasteiger partial charge on any atom is -0.493 e. The average Bonchev–Trinajstić information content (AvgIpc) is 2.58. The van der Waals surface area contributed by atoms with Crippen LogP contribution in [0.2, 0.25) is 0 Å². The van der Waals surface area contributed by atoms with Crippen molar-refractivity contribution in [3.05, 3.63) is 23.8 Å². The van der Waals surface area contributed by atoms with Crippen LogP contribution in [0.4, 0.5) is 0 Å². The van der Waals surface area contributed by atoms with Gasteiger partial charge in [-0.25, -0.2) is 0 Å². The molecule has 0 aromatic heterocycles. The summed E-state index contributed by atoms with van der Waals surface area (Å²) >= 11 is 0. The van der Waals surface area contributed by atoms with Crippen molar-refractivity contribution in [1.29, 1.82) is 0 Å². The van der Waals surface area contributed by atoms with E-state index in [0.717, 1.165) is 23.6 Å². The third-order valence-electron chi connectivity index (χ3n) is 4.48. The zero-order valence-electron chi connectivity index (χ0n) is 14.2. The molecule has 0 spiro atoms. The molecule has 0 atom stereocenters. The Morgan fingerprint density at radius 1 is 1.18 bits per heavy atom. The summed E-state index contributed by atoms with van der Waals surface area (Å²) < 4.78 is 10.9. The Morgan fingerprint density at radius 3 is 2.59 bits per heavy atom. The Bertz CT molecular complexity index is 443. The molecule has 1 fully saturated rings. The van der Waals surface area contributed by atoms with Crippen LogP contribution in [0.3, 0.4) is 0 Å². The van der Waals surface area contributed by atoms with Crippen molar-refractivity contribution in [3.8, 4) is 11.5 Å². The number of likely N-dealkylation sites (tertiary alicyclic amines) is 1. The van der Waals surface area contributed by atoms with Gasteiger partial charge in [0.1, 0.15) is 0 Å². The average molecular weight is 306 g/mol. The predicted octanol–water partition coefficient (Wildman–Crippen LogP) is 3.06. The number of nitrogens with one attached hydrogen (secondary N) is 1. The van der Waals surface area contributed by atoms with E-state index in [-0.39, 0.29) is 0 Å². The predicted molar refractivity (Wildman–Crippen MR) is 90.8 cm³/mol. The fourth-order valence-corrected chi connectivity index (χ4v) is 3.09. The lowest BCUT2D eigenvalue weighted by Gasteiger charge is -2.32. The van der Waals surface area contributed by atoms with E-state index in [9.17, 15) is 0 Å². The van der Waals surface area contributed by atoms with Gasteiger partial charge in [-0.3, -0.25) is 0 Å². The zero-order valence-corrected chi connectivity index (χ0v) is 14.2. The van der Waals surface area contributed by atoms with Gasteiger partial charge in [-0.15, -0.1) is 0 Å². The summed E-state index contributed by atoms with van der Waals surface area (Å²) in [5.41, 5.74) is 1.16. The number of methoxy groups -OCH3 is 2. The number of hydrogen-bond acceptors (Lipinski definition) is 4. The Hall–Kier alpha value is -1.26. The fraction of sp³-hybridized carbons (Fsp3) is 0.667. The molecule has 0 radical (unpaired) electrons. The zero-order chi connectivity index (χ0) is 15.8. The lowest BCUT2D eigenvalue weighted by Crippen LogP contribution is -2.42. The van der Waals surface area contributed by atoms with E-state index in [1.165, 1.54) is 45.3 Å². The Labute approximate surface area is 134 Å². The maximum absolute atomic E-state index is 5.50. The summed E-state index contributed by atoms with van der Waals surface area (Å²) in [4.78, 5) is 2.59. The number of rotatable bonds is 8. The first-order chi connectivity index (χ1) is 10.8. The van der Waals surface area contributed by atoms with Crippen molar-refractivity contribution in [2.45, 2.75) is 45.2 Å². The molecule has 1 N–H and O–H groups in total. The van der Waals surface area contributed by atoms with Crippen LogP contribution >= 0.6 is 0 Å². The lowest BCUT2D eigenvalue weighted by atomic mass is 10.0. The van der Waals surface area contributed by atoms with Gasteiger partial charge in [-0.2, -0.15) is 0 Å². The van der Waals surface area contributed by atoms with Gasteiger partial charge in [0.15, 0.2) is 11.5 Å². The smallest absolute Gasteiger partial charge is 0.165 e. The molecule has 1 heterocycles. The molecule has 124 valence electrons. The maximum atomic E-state index is 5.50. The molecule has 1 saturated heterocycles. The maximum Gasteiger partial charge on any atom is 0.165 e. The second-order valence-electron chi connectivity index (χ2n) is 6.00. The van der Waals surface area contributed by atoms with E-state index in [0.29, 0.717) is 6.04 Å². The summed E-state index contributed by atoms with van der Waals surface area (Å²) in [5.74, 6) is 1.65. The highest BCUT2D eigenvalue weighted by Crippen LogP contribution is 2.30. The number of hydrogen-bond donors (Lipinski definition) is 1. The third kappa shape index (κ3) is 4.62. The molecule has 2 rings (SSSR count). The van der Waals surface area contributed by atoms with Gasteiger partial charge in [0.25, 0.3) is 0 Å². The number of unbranched alkanes of at least 4 members (excludes halogenated alkanes) is 1. The van der Waals surface area contributed by atoms with Crippen molar-refractivity contribution in [2.24, 2.45) is 0 Å². The molecule has 1 aliphatic rings. The van der Waals surface area contributed by atoms with Crippen molar-refractivity contribution in [1.82, 2.24) is 10.2 Å². The topological polar surface area (TPSA) is 33.7 Å². The van der Waals surface area contributed by atoms with Crippen LogP contribution in [0.15, 0.2) is 18.2 Å². The van der Waals surface area contributed by atoms with Crippen LogP contribution in [0.5, 0.6) is 11.5 Å². The molecule has 4 nitrogen and oxygen atoms in total. The molecule has 0 saturated carbocycles. The highest BCUT2D eigenvalue weighted by Gasteiger charge is 2.19. The SMILES string of the molecule is CCCCN1CCC(NCc2cccc(OC)c2OC)CC1. The van der Waals surface area contributed by atoms with Crippen LogP contribution < -0.4 is 14.8 Å².